The van der Waals surface area contributed by atoms with Gasteiger partial charge in [-0.1, -0.05) is 13.8 Å². The predicted molar refractivity (Wildman–Crippen MR) is 57.2 cm³/mol. The minimum atomic E-state index is 0.785. The number of pyridine rings is 1. The molecular formula is C9H15BrN2. The van der Waals surface area contributed by atoms with Gasteiger partial charge in [0.25, 0.3) is 0 Å². The Hall–Kier alpha value is -0.570. The molecule has 0 unspecified atom stereocenters. The lowest BCUT2D eigenvalue weighted by molar-refractivity contribution is 1.14. The Bertz CT molecular complexity index is 232. The highest BCUT2D eigenvalue weighted by molar-refractivity contribution is 9.10. The zero-order valence-corrected chi connectivity index (χ0v) is 9.57. The monoisotopic (exact) mass is 230 g/mol. The van der Waals surface area contributed by atoms with Crippen LogP contribution in [0.5, 0.6) is 0 Å². The van der Waals surface area contributed by atoms with Crippen LogP contribution in [0.2, 0.25) is 0 Å². The van der Waals surface area contributed by atoms with Crippen LogP contribution in [0.3, 0.4) is 0 Å². The summed E-state index contributed by atoms with van der Waals surface area (Å²) in [5.74, 6) is 0. The molecule has 0 aromatic carbocycles. The van der Waals surface area contributed by atoms with E-state index in [1.807, 2.05) is 27.7 Å². The number of anilines is 1. The van der Waals surface area contributed by atoms with E-state index in [-0.39, 0.29) is 0 Å². The molecule has 0 amide bonds. The third-order valence-electron chi connectivity index (χ3n) is 1.58. The molecule has 12 heavy (non-hydrogen) atoms. The molecule has 2 nitrogen and oxygen atoms in total. The van der Waals surface area contributed by atoms with E-state index in [1.165, 1.54) is 0 Å². The van der Waals surface area contributed by atoms with Gasteiger partial charge in [0.15, 0.2) is 0 Å². The molecule has 3 heteroatoms. The quantitative estimate of drug-likeness (QED) is 0.745. The second-order valence-electron chi connectivity index (χ2n) is 2.23. The van der Waals surface area contributed by atoms with Gasteiger partial charge < -0.3 is 5.73 Å². The van der Waals surface area contributed by atoms with E-state index < -0.39 is 0 Å². The van der Waals surface area contributed by atoms with Gasteiger partial charge in [-0.2, -0.15) is 0 Å². The summed E-state index contributed by atoms with van der Waals surface area (Å²) in [6.45, 7) is 7.90. The number of aromatic nitrogens is 1. The van der Waals surface area contributed by atoms with Gasteiger partial charge in [-0.3, -0.25) is 4.98 Å². The summed E-state index contributed by atoms with van der Waals surface area (Å²) in [4.78, 5) is 4.11. The third-order valence-corrected chi connectivity index (χ3v) is 2.21. The molecule has 0 atom stereocenters. The predicted octanol–water partition coefficient (Wildman–Crippen LogP) is 3.07. The Balaban J connectivity index is 0.000000561. The molecule has 0 aliphatic rings. The first kappa shape index (κ1) is 11.4. The minimum Gasteiger partial charge on any atom is -0.397 e. The molecule has 1 aromatic rings. The molecule has 0 bridgehead atoms. The van der Waals surface area contributed by atoms with Crippen LogP contribution in [-0.4, -0.2) is 4.98 Å². The Labute approximate surface area is 82.3 Å². The number of hydrogen-bond acceptors (Lipinski definition) is 2. The zero-order valence-electron chi connectivity index (χ0n) is 7.98. The summed E-state index contributed by atoms with van der Waals surface area (Å²) in [5, 5.41) is 0. The van der Waals surface area contributed by atoms with Crippen molar-refractivity contribution in [3.63, 3.8) is 0 Å². The maximum Gasteiger partial charge on any atom is 0.0591 e. The summed E-state index contributed by atoms with van der Waals surface area (Å²) in [5.41, 5.74) is 8.52. The molecule has 0 saturated heterocycles. The summed E-state index contributed by atoms with van der Waals surface area (Å²) >= 11 is 3.29. The van der Waals surface area contributed by atoms with Crippen LogP contribution in [0.25, 0.3) is 0 Å². The van der Waals surface area contributed by atoms with Crippen LogP contribution in [0.1, 0.15) is 25.1 Å². The average Bonchev–Trinajstić information content (AvgIpc) is 2.12. The first-order chi connectivity index (χ1) is 5.63. The topological polar surface area (TPSA) is 38.9 Å². The van der Waals surface area contributed by atoms with Crippen molar-refractivity contribution in [2.24, 2.45) is 0 Å². The zero-order chi connectivity index (χ0) is 9.72. The number of rotatable bonds is 0. The largest absolute Gasteiger partial charge is 0.397 e. The van der Waals surface area contributed by atoms with Gasteiger partial charge in [-0.25, -0.2) is 0 Å². The molecular weight excluding hydrogens is 216 g/mol. The minimum absolute atomic E-state index is 0.785. The molecule has 1 rings (SSSR count). The lowest BCUT2D eigenvalue weighted by Gasteiger charge is -2.03. The van der Waals surface area contributed by atoms with Crippen LogP contribution < -0.4 is 5.73 Å². The molecule has 68 valence electrons. The summed E-state index contributed by atoms with van der Waals surface area (Å²) in [6, 6.07) is 0. The van der Waals surface area contributed by atoms with Crippen molar-refractivity contribution in [2.45, 2.75) is 27.7 Å². The van der Waals surface area contributed by atoms with Gasteiger partial charge in [0.2, 0.25) is 0 Å². The molecule has 0 spiro atoms. The first-order valence-electron chi connectivity index (χ1n) is 4.00. The van der Waals surface area contributed by atoms with Gasteiger partial charge in [-0.05, 0) is 35.3 Å². The van der Waals surface area contributed by atoms with E-state index in [1.54, 1.807) is 6.20 Å². The molecule has 1 heterocycles. The molecule has 0 aliphatic carbocycles. The molecule has 0 fully saturated rings. The Kier molecular flexibility index (Phi) is 4.90. The van der Waals surface area contributed by atoms with Crippen LogP contribution in [0.15, 0.2) is 10.7 Å². The van der Waals surface area contributed by atoms with E-state index in [0.717, 1.165) is 21.4 Å². The maximum atomic E-state index is 5.70. The van der Waals surface area contributed by atoms with Gasteiger partial charge in [0.1, 0.15) is 0 Å². The number of aryl methyl sites for hydroxylation is 1. The number of nitrogens with two attached hydrogens (primary N) is 1. The van der Waals surface area contributed by atoms with E-state index in [9.17, 15) is 0 Å². The lowest BCUT2D eigenvalue weighted by atomic mass is 10.2. The fourth-order valence-corrected chi connectivity index (χ4v) is 1.09. The SMILES string of the molecule is CC.Cc1ncc(Br)c(N)c1C. The fraction of sp³-hybridized carbons (Fsp3) is 0.444. The molecule has 1 aromatic heterocycles. The summed E-state index contributed by atoms with van der Waals surface area (Å²) in [7, 11) is 0. The van der Waals surface area contributed by atoms with Gasteiger partial charge >= 0.3 is 0 Å². The standard InChI is InChI=1S/C7H9BrN2.C2H6/c1-4-5(2)10-3-6(8)7(4)9;1-2/h3H,1-2H3,(H2,9,10);1-2H3. The molecule has 0 aliphatic heterocycles. The van der Waals surface area contributed by atoms with Crippen molar-refractivity contribution in [1.82, 2.24) is 4.98 Å². The lowest BCUT2D eigenvalue weighted by Crippen LogP contribution is -1.95. The molecule has 2 N–H and O–H groups in total. The van der Waals surface area contributed by atoms with Crippen molar-refractivity contribution in [1.29, 1.82) is 0 Å². The molecule has 0 radical (unpaired) electrons. The summed E-state index contributed by atoms with van der Waals surface area (Å²) in [6.07, 6.45) is 1.72. The van der Waals surface area contributed by atoms with Gasteiger partial charge in [-0.15, -0.1) is 0 Å². The van der Waals surface area contributed by atoms with E-state index in [0.29, 0.717) is 0 Å². The maximum absolute atomic E-state index is 5.70. The highest BCUT2D eigenvalue weighted by Crippen LogP contribution is 2.22. The summed E-state index contributed by atoms with van der Waals surface area (Å²) < 4.78 is 0.871. The second kappa shape index (κ2) is 5.14. The Morgan fingerprint density at radius 2 is 1.83 bits per heavy atom. The van der Waals surface area contributed by atoms with Crippen molar-refractivity contribution in [2.75, 3.05) is 5.73 Å². The van der Waals surface area contributed by atoms with Crippen molar-refractivity contribution in [3.05, 3.63) is 21.9 Å². The van der Waals surface area contributed by atoms with Crippen molar-refractivity contribution in [3.8, 4) is 0 Å². The van der Waals surface area contributed by atoms with Crippen LogP contribution in [0, 0.1) is 13.8 Å². The van der Waals surface area contributed by atoms with E-state index in [4.69, 9.17) is 5.73 Å². The third kappa shape index (κ3) is 2.48. The van der Waals surface area contributed by atoms with Crippen LogP contribution in [-0.2, 0) is 0 Å². The van der Waals surface area contributed by atoms with Gasteiger partial charge in [0, 0.05) is 11.9 Å². The number of nitrogen functional groups attached to an aromatic ring is 1. The van der Waals surface area contributed by atoms with Crippen molar-refractivity contribution < 1.29 is 0 Å². The number of hydrogen-bond donors (Lipinski definition) is 1. The normalized spacial score (nSPS) is 8.75. The van der Waals surface area contributed by atoms with E-state index >= 15 is 0 Å². The second-order valence-corrected chi connectivity index (χ2v) is 3.08. The Morgan fingerprint density at radius 3 is 2.25 bits per heavy atom. The Morgan fingerprint density at radius 1 is 1.33 bits per heavy atom. The smallest absolute Gasteiger partial charge is 0.0591 e. The average molecular weight is 231 g/mol. The number of nitrogens with zero attached hydrogens (tertiary/aromatic N) is 1. The van der Waals surface area contributed by atoms with E-state index in [2.05, 4.69) is 20.9 Å². The van der Waals surface area contributed by atoms with Crippen LogP contribution in [0.4, 0.5) is 5.69 Å². The molecule has 0 saturated carbocycles. The fourth-order valence-electron chi connectivity index (χ4n) is 0.694. The number of halogens is 1. The van der Waals surface area contributed by atoms with Crippen molar-refractivity contribution >= 4 is 21.6 Å². The van der Waals surface area contributed by atoms with Gasteiger partial charge in [0.05, 0.1) is 10.2 Å². The highest BCUT2D eigenvalue weighted by atomic mass is 79.9. The highest BCUT2D eigenvalue weighted by Gasteiger charge is 2.01. The van der Waals surface area contributed by atoms with Crippen LogP contribution >= 0.6 is 15.9 Å². The first-order valence-corrected chi connectivity index (χ1v) is 4.79.